The summed E-state index contributed by atoms with van der Waals surface area (Å²) in [4.78, 5) is 21.7. The molecule has 24 heavy (non-hydrogen) atoms. The Morgan fingerprint density at radius 1 is 1.54 bits per heavy atom. The number of isothiocyanates is 1. The van der Waals surface area contributed by atoms with Crippen molar-refractivity contribution in [1.82, 2.24) is 10.3 Å². The first-order valence-electron chi connectivity index (χ1n) is 7.69. The van der Waals surface area contributed by atoms with Gasteiger partial charge in [0, 0.05) is 25.7 Å². The Morgan fingerprint density at radius 3 is 2.96 bits per heavy atom. The van der Waals surface area contributed by atoms with Gasteiger partial charge in [0.2, 0.25) is 0 Å². The van der Waals surface area contributed by atoms with E-state index in [0.717, 1.165) is 0 Å². The molecule has 2 heterocycles. The number of piperidine rings is 1. The molecule has 2 unspecified atom stereocenters. The summed E-state index contributed by atoms with van der Waals surface area (Å²) in [6.07, 6.45) is 1.78. The molecule has 0 saturated carbocycles. The van der Waals surface area contributed by atoms with Crippen LogP contribution >= 0.6 is 12.2 Å². The number of nitrogens with one attached hydrogen (secondary N) is 1. The van der Waals surface area contributed by atoms with Crippen molar-refractivity contribution in [1.29, 1.82) is 0 Å². The highest BCUT2D eigenvalue weighted by atomic mass is 32.1. The van der Waals surface area contributed by atoms with Crippen LogP contribution < -0.4 is 10.2 Å². The monoisotopic (exact) mass is 352 g/mol. The van der Waals surface area contributed by atoms with Crippen molar-refractivity contribution >= 4 is 34.8 Å². The molecular formula is C16H21FN4O2S. The number of rotatable bonds is 3. The van der Waals surface area contributed by atoms with E-state index in [1.54, 1.807) is 39.2 Å². The summed E-state index contributed by atoms with van der Waals surface area (Å²) in [5.41, 5.74) is 0.637. The number of anilines is 1. The van der Waals surface area contributed by atoms with Crippen LogP contribution in [0.15, 0.2) is 23.5 Å². The number of carbonyl (C=O) groups excluding carboxylic acids is 1. The molecule has 2 atom stereocenters. The van der Waals surface area contributed by atoms with Crippen molar-refractivity contribution in [2.45, 2.75) is 45.0 Å². The van der Waals surface area contributed by atoms with Crippen molar-refractivity contribution in [3.63, 3.8) is 0 Å². The maximum absolute atomic E-state index is 14.2. The summed E-state index contributed by atoms with van der Waals surface area (Å²) in [5.74, 6) is 0. The van der Waals surface area contributed by atoms with Crippen molar-refractivity contribution in [2.24, 2.45) is 4.99 Å². The molecule has 8 heteroatoms. The number of ether oxygens (including phenoxy) is 1. The smallest absolute Gasteiger partial charge is 0.407 e. The van der Waals surface area contributed by atoms with Crippen LogP contribution in [0, 0.1) is 0 Å². The Labute approximate surface area is 146 Å². The molecule has 1 aromatic rings. The lowest BCUT2D eigenvalue weighted by atomic mass is 10.0. The van der Waals surface area contributed by atoms with Crippen LogP contribution in [0.1, 0.15) is 27.2 Å². The van der Waals surface area contributed by atoms with Gasteiger partial charge in [0.25, 0.3) is 0 Å². The van der Waals surface area contributed by atoms with Gasteiger partial charge in [0.1, 0.15) is 17.5 Å². The molecule has 0 radical (unpaired) electrons. The second-order valence-corrected chi connectivity index (χ2v) is 6.83. The number of hydrogen-bond acceptors (Lipinski definition) is 6. The SMILES string of the molecule is CC(C)(C)OC(=O)NC1CC(F)CN(c2ccncc2N=C=S)C1. The normalized spacial score (nSPS) is 20.9. The molecule has 1 fully saturated rings. The van der Waals surface area contributed by atoms with Gasteiger partial charge in [-0.1, -0.05) is 0 Å². The first kappa shape index (κ1) is 18.3. The van der Waals surface area contributed by atoms with E-state index >= 15 is 0 Å². The average molecular weight is 352 g/mol. The molecule has 1 aliphatic rings. The zero-order valence-electron chi connectivity index (χ0n) is 14.0. The van der Waals surface area contributed by atoms with Crippen molar-refractivity contribution in [2.75, 3.05) is 18.0 Å². The molecule has 130 valence electrons. The van der Waals surface area contributed by atoms with Crippen LogP contribution in [0.25, 0.3) is 0 Å². The Hall–Kier alpha value is -2.05. The number of thiocarbonyl (C=S) groups is 1. The standard InChI is InChI=1S/C16H21FN4O2S/c1-16(2,3)23-15(22)20-12-6-11(17)8-21(9-12)14-4-5-18-7-13(14)19-10-24/h4-5,7,11-12H,6,8-9H2,1-3H3,(H,20,22). The number of aromatic nitrogens is 1. The average Bonchev–Trinajstić information content (AvgIpc) is 2.45. The van der Waals surface area contributed by atoms with Crippen molar-refractivity contribution < 1.29 is 13.9 Å². The minimum Gasteiger partial charge on any atom is -0.444 e. The predicted octanol–water partition coefficient (Wildman–Crippen LogP) is 3.26. The fraction of sp³-hybridized carbons (Fsp3) is 0.562. The maximum atomic E-state index is 14.2. The summed E-state index contributed by atoms with van der Waals surface area (Å²) < 4.78 is 19.4. The second-order valence-electron chi connectivity index (χ2n) is 6.65. The molecule has 0 aliphatic carbocycles. The third kappa shape index (κ3) is 5.25. The summed E-state index contributed by atoms with van der Waals surface area (Å²) in [6, 6.07) is 1.38. The largest absolute Gasteiger partial charge is 0.444 e. The minimum absolute atomic E-state index is 0.219. The van der Waals surface area contributed by atoms with E-state index in [4.69, 9.17) is 4.74 Å². The van der Waals surface area contributed by atoms with Crippen LogP contribution in [0.2, 0.25) is 0 Å². The Bertz CT molecular complexity index is 643. The highest BCUT2D eigenvalue weighted by Gasteiger charge is 2.30. The molecule has 1 saturated heterocycles. The lowest BCUT2D eigenvalue weighted by molar-refractivity contribution is 0.0491. The highest BCUT2D eigenvalue weighted by Crippen LogP contribution is 2.30. The van der Waals surface area contributed by atoms with Gasteiger partial charge in [0.15, 0.2) is 0 Å². The van der Waals surface area contributed by atoms with Crippen molar-refractivity contribution in [3.8, 4) is 0 Å². The Morgan fingerprint density at radius 2 is 2.29 bits per heavy atom. The van der Waals surface area contributed by atoms with Crippen LogP contribution in [0.4, 0.5) is 20.6 Å². The fourth-order valence-electron chi connectivity index (χ4n) is 2.59. The number of alkyl halides is 1. The van der Waals surface area contributed by atoms with Crippen molar-refractivity contribution in [3.05, 3.63) is 18.5 Å². The first-order chi connectivity index (χ1) is 11.3. The second kappa shape index (κ2) is 7.68. The summed E-state index contributed by atoms with van der Waals surface area (Å²) in [7, 11) is 0. The van der Waals surface area contributed by atoms with E-state index < -0.39 is 17.9 Å². The molecule has 0 aromatic carbocycles. The molecule has 2 rings (SSSR count). The number of hydrogen-bond donors (Lipinski definition) is 1. The molecule has 1 amide bonds. The van der Waals surface area contributed by atoms with Gasteiger partial charge in [0.05, 0.1) is 23.1 Å². The van der Waals surface area contributed by atoms with Gasteiger partial charge in [-0.15, -0.1) is 0 Å². The van der Waals surface area contributed by atoms with Crippen LogP contribution in [0.3, 0.4) is 0 Å². The minimum atomic E-state index is -1.07. The molecular weight excluding hydrogens is 331 g/mol. The summed E-state index contributed by atoms with van der Waals surface area (Å²) in [6.45, 7) is 6.01. The van der Waals surface area contributed by atoms with Gasteiger partial charge in [-0.3, -0.25) is 4.98 Å². The third-order valence-corrected chi connectivity index (χ3v) is 3.50. The number of carbonyl (C=O) groups is 1. The number of alkyl carbamates (subject to hydrolysis) is 1. The van der Waals surface area contributed by atoms with E-state index in [1.165, 1.54) is 0 Å². The number of halogens is 1. The first-order valence-corrected chi connectivity index (χ1v) is 8.09. The number of amides is 1. The molecule has 1 aromatic heterocycles. The zero-order valence-corrected chi connectivity index (χ0v) is 14.8. The van der Waals surface area contributed by atoms with Crippen LogP contribution in [-0.4, -0.2) is 47.1 Å². The van der Waals surface area contributed by atoms with Gasteiger partial charge in [-0.25, -0.2) is 9.18 Å². The van der Waals surface area contributed by atoms with Gasteiger partial charge in [-0.2, -0.15) is 4.99 Å². The molecule has 0 spiro atoms. The lowest BCUT2D eigenvalue weighted by Gasteiger charge is -2.37. The summed E-state index contributed by atoms with van der Waals surface area (Å²) in [5, 5.41) is 5.03. The van der Waals surface area contributed by atoms with Crippen LogP contribution in [-0.2, 0) is 4.74 Å². The van der Waals surface area contributed by atoms with Gasteiger partial charge < -0.3 is 15.0 Å². The maximum Gasteiger partial charge on any atom is 0.407 e. The Balaban J connectivity index is 2.11. The summed E-state index contributed by atoms with van der Waals surface area (Å²) >= 11 is 4.64. The topological polar surface area (TPSA) is 66.8 Å². The van der Waals surface area contributed by atoms with Gasteiger partial charge in [-0.05, 0) is 39.1 Å². The highest BCUT2D eigenvalue weighted by molar-refractivity contribution is 7.78. The molecule has 1 aliphatic heterocycles. The number of nitrogens with zero attached hydrogens (tertiary/aromatic N) is 3. The number of pyridine rings is 1. The third-order valence-electron chi connectivity index (χ3n) is 3.40. The van der Waals surface area contributed by atoms with Gasteiger partial charge >= 0.3 is 6.09 Å². The van der Waals surface area contributed by atoms with E-state index in [-0.39, 0.29) is 19.0 Å². The fourth-order valence-corrected chi connectivity index (χ4v) is 2.69. The Kier molecular flexibility index (Phi) is 5.85. The molecule has 1 N–H and O–H groups in total. The van der Waals surface area contributed by atoms with E-state index in [9.17, 15) is 9.18 Å². The van der Waals surface area contributed by atoms with Crippen LogP contribution in [0.5, 0.6) is 0 Å². The zero-order chi connectivity index (χ0) is 17.7. The lowest BCUT2D eigenvalue weighted by Crippen LogP contribution is -2.52. The quantitative estimate of drug-likeness (QED) is 0.668. The van der Waals surface area contributed by atoms with E-state index in [1.807, 2.05) is 4.90 Å². The molecule has 0 bridgehead atoms. The predicted molar refractivity (Wildman–Crippen MR) is 93.8 cm³/mol. The van der Waals surface area contributed by atoms with E-state index in [0.29, 0.717) is 17.9 Å². The van der Waals surface area contributed by atoms with E-state index in [2.05, 4.69) is 32.7 Å². The number of aliphatic imine (C=N–C) groups is 1. The molecule has 6 nitrogen and oxygen atoms in total.